The molecule has 0 radical (unpaired) electrons. The molecule has 2 rings (SSSR count). The molecule has 0 aliphatic heterocycles. The molecule has 18 heavy (non-hydrogen) atoms. The van der Waals surface area contributed by atoms with Crippen LogP contribution in [0.3, 0.4) is 0 Å². The molecule has 1 aliphatic rings. The molecule has 1 aromatic rings. The van der Waals surface area contributed by atoms with E-state index in [1.54, 1.807) is 12.1 Å². The van der Waals surface area contributed by atoms with Crippen LogP contribution < -0.4 is 5.32 Å². The van der Waals surface area contributed by atoms with Gasteiger partial charge in [-0.25, -0.2) is 4.39 Å². The lowest BCUT2D eigenvalue weighted by atomic mass is 9.88. The normalized spacial score (nSPS) is 24.8. The lowest BCUT2D eigenvalue weighted by molar-refractivity contribution is 0.346. The van der Waals surface area contributed by atoms with Gasteiger partial charge < -0.3 is 5.32 Å². The Morgan fingerprint density at radius 1 is 1.28 bits per heavy atom. The number of rotatable bonds is 3. The monoisotopic (exact) mass is 269 g/mol. The number of benzene rings is 1. The van der Waals surface area contributed by atoms with Gasteiger partial charge in [0.2, 0.25) is 0 Å². The fourth-order valence-electron chi connectivity index (χ4n) is 3.00. The van der Waals surface area contributed by atoms with Crippen molar-refractivity contribution < 1.29 is 4.39 Å². The van der Waals surface area contributed by atoms with Gasteiger partial charge in [-0.2, -0.15) is 0 Å². The van der Waals surface area contributed by atoms with Crippen LogP contribution in [0.4, 0.5) is 4.39 Å². The van der Waals surface area contributed by atoms with Crippen molar-refractivity contribution in [3.8, 4) is 0 Å². The average molecular weight is 270 g/mol. The molecule has 0 bridgehead atoms. The van der Waals surface area contributed by atoms with Crippen molar-refractivity contribution in [2.75, 3.05) is 7.05 Å². The van der Waals surface area contributed by atoms with Gasteiger partial charge in [-0.1, -0.05) is 36.9 Å². The first-order chi connectivity index (χ1) is 8.72. The first kappa shape index (κ1) is 13.8. The van der Waals surface area contributed by atoms with Gasteiger partial charge in [-0.05, 0) is 44.4 Å². The van der Waals surface area contributed by atoms with Gasteiger partial charge >= 0.3 is 0 Å². The van der Waals surface area contributed by atoms with Crippen molar-refractivity contribution in [3.63, 3.8) is 0 Å². The van der Waals surface area contributed by atoms with Crippen molar-refractivity contribution >= 4 is 11.6 Å². The van der Waals surface area contributed by atoms with Crippen molar-refractivity contribution in [1.29, 1.82) is 0 Å². The summed E-state index contributed by atoms with van der Waals surface area (Å²) >= 11 is 6.12. The summed E-state index contributed by atoms with van der Waals surface area (Å²) in [7, 11) is 2.01. The van der Waals surface area contributed by atoms with E-state index < -0.39 is 0 Å². The summed E-state index contributed by atoms with van der Waals surface area (Å²) in [4.78, 5) is 0. The van der Waals surface area contributed by atoms with E-state index in [1.807, 2.05) is 7.05 Å². The Morgan fingerprint density at radius 2 is 2.06 bits per heavy atom. The van der Waals surface area contributed by atoms with Gasteiger partial charge in [0, 0.05) is 16.6 Å². The Morgan fingerprint density at radius 3 is 2.78 bits per heavy atom. The van der Waals surface area contributed by atoms with Crippen molar-refractivity contribution in [2.24, 2.45) is 5.92 Å². The van der Waals surface area contributed by atoms with Crippen molar-refractivity contribution in [1.82, 2.24) is 5.32 Å². The lowest BCUT2D eigenvalue weighted by Gasteiger charge is -2.25. The van der Waals surface area contributed by atoms with Crippen LogP contribution in [0, 0.1) is 11.7 Å². The predicted molar refractivity (Wildman–Crippen MR) is 74.5 cm³/mol. The third kappa shape index (κ3) is 3.24. The van der Waals surface area contributed by atoms with Gasteiger partial charge in [0.05, 0.1) is 0 Å². The highest BCUT2D eigenvalue weighted by atomic mass is 35.5. The quantitative estimate of drug-likeness (QED) is 0.812. The van der Waals surface area contributed by atoms with E-state index in [9.17, 15) is 4.39 Å². The zero-order valence-corrected chi connectivity index (χ0v) is 11.6. The zero-order valence-electron chi connectivity index (χ0n) is 10.9. The Labute approximate surface area is 114 Å². The Balaban J connectivity index is 2.15. The van der Waals surface area contributed by atoms with Crippen LogP contribution in [0.25, 0.3) is 0 Å². The minimum atomic E-state index is -0.165. The molecule has 0 spiro atoms. The topological polar surface area (TPSA) is 12.0 Å². The first-order valence-electron chi connectivity index (χ1n) is 6.82. The molecule has 2 unspecified atom stereocenters. The molecule has 0 aromatic heterocycles. The van der Waals surface area contributed by atoms with Crippen LogP contribution >= 0.6 is 11.6 Å². The molecule has 3 heteroatoms. The summed E-state index contributed by atoms with van der Waals surface area (Å²) < 4.78 is 13.8. The number of hydrogen-bond acceptors (Lipinski definition) is 1. The second-order valence-corrected chi connectivity index (χ2v) is 5.60. The summed E-state index contributed by atoms with van der Waals surface area (Å²) in [5.41, 5.74) is 0.686. The summed E-state index contributed by atoms with van der Waals surface area (Å²) in [6, 6.07) is 5.45. The van der Waals surface area contributed by atoms with E-state index in [2.05, 4.69) is 5.32 Å². The van der Waals surface area contributed by atoms with Crippen LogP contribution in [0.5, 0.6) is 0 Å². The number of nitrogens with one attached hydrogen (secondary N) is 1. The predicted octanol–water partition coefficient (Wildman–Crippen LogP) is 4.19. The molecular weight excluding hydrogens is 249 g/mol. The van der Waals surface area contributed by atoms with Crippen LogP contribution in [0.15, 0.2) is 18.2 Å². The first-order valence-corrected chi connectivity index (χ1v) is 7.20. The largest absolute Gasteiger partial charge is 0.317 e. The Hall–Kier alpha value is -0.600. The Kier molecular flexibility index (Phi) is 5.02. The molecule has 1 fully saturated rings. The molecule has 1 N–H and O–H groups in total. The second-order valence-electron chi connectivity index (χ2n) is 5.20. The third-order valence-electron chi connectivity index (χ3n) is 4.06. The smallest absolute Gasteiger partial charge is 0.127 e. The zero-order chi connectivity index (χ0) is 13.0. The van der Waals surface area contributed by atoms with E-state index in [0.717, 1.165) is 12.8 Å². The Bertz CT molecular complexity index is 374. The highest BCUT2D eigenvalue weighted by Crippen LogP contribution is 2.30. The summed E-state index contributed by atoms with van der Waals surface area (Å²) in [5, 5.41) is 3.95. The van der Waals surface area contributed by atoms with Crippen LogP contribution in [-0.2, 0) is 6.42 Å². The van der Waals surface area contributed by atoms with E-state index in [4.69, 9.17) is 11.6 Å². The SMILES string of the molecule is CNC1CCCCCC1Cc1c(F)cccc1Cl. The molecular formula is C15H21ClFN. The van der Waals surface area contributed by atoms with E-state index in [0.29, 0.717) is 22.5 Å². The van der Waals surface area contributed by atoms with Crippen molar-refractivity contribution in [2.45, 2.75) is 44.6 Å². The molecule has 2 atom stereocenters. The minimum absolute atomic E-state index is 0.165. The molecule has 1 aromatic carbocycles. The van der Waals surface area contributed by atoms with Gasteiger partial charge in [-0.3, -0.25) is 0 Å². The number of hydrogen-bond donors (Lipinski definition) is 1. The lowest BCUT2D eigenvalue weighted by Crippen LogP contribution is -2.34. The van der Waals surface area contributed by atoms with Crippen molar-refractivity contribution in [3.05, 3.63) is 34.6 Å². The standard InChI is InChI=1S/C15H21ClFN/c1-18-15-9-4-2-3-6-11(15)10-12-13(16)7-5-8-14(12)17/h5,7-8,11,15,18H,2-4,6,9-10H2,1H3. The molecule has 1 saturated carbocycles. The third-order valence-corrected chi connectivity index (χ3v) is 4.41. The number of halogens is 2. The summed E-state index contributed by atoms with van der Waals surface area (Å²) in [6.45, 7) is 0. The van der Waals surface area contributed by atoms with Crippen LogP contribution in [0.1, 0.15) is 37.7 Å². The molecule has 0 saturated heterocycles. The molecule has 1 aliphatic carbocycles. The van der Waals surface area contributed by atoms with Gasteiger partial charge in [-0.15, -0.1) is 0 Å². The minimum Gasteiger partial charge on any atom is -0.317 e. The van der Waals surface area contributed by atoms with Gasteiger partial charge in [0.1, 0.15) is 5.82 Å². The highest BCUT2D eigenvalue weighted by Gasteiger charge is 2.24. The summed E-state index contributed by atoms with van der Waals surface area (Å²) in [6.07, 6.45) is 6.90. The molecule has 100 valence electrons. The maximum absolute atomic E-state index is 13.8. The fourth-order valence-corrected chi connectivity index (χ4v) is 3.24. The second kappa shape index (κ2) is 6.53. The highest BCUT2D eigenvalue weighted by molar-refractivity contribution is 6.31. The van der Waals surface area contributed by atoms with E-state index in [1.165, 1.54) is 31.7 Å². The van der Waals surface area contributed by atoms with Crippen LogP contribution in [0.2, 0.25) is 5.02 Å². The van der Waals surface area contributed by atoms with E-state index >= 15 is 0 Å². The van der Waals surface area contributed by atoms with Gasteiger partial charge in [0.15, 0.2) is 0 Å². The molecule has 0 amide bonds. The maximum Gasteiger partial charge on any atom is 0.127 e. The van der Waals surface area contributed by atoms with E-state index in [-0.39, 0.29) is 5.82 Å². The maximum atomic E-state index is 13.8. The average Bonchev–Trinajstić information content (AvgIpc) is 2.59. The molecule has 0 heterocycles. The van der Waals surface area contributed by atoms with Crippen LogP contribution in [-0.4, -0.2) is 13.1 Å². The fraction of sp³-hybridized carbons (Fsp3) is 0.600. The van der Waals surface area contributed by atoms with Gasteiger partial charge in [0.25, 0.3) is 0 Å². The molecule has 1 nitrogen and oxygen atoms in total. The summed E-state index contributed by atoms with van der Waals surface area (Å²) in [5.74, 6) is 0.327.